The Balaban J connectivity index is 2.19. The van der Waals surface area contributed by atoms with E-state index in [4.69, 9.17) is 11.6 Å². The van der Waals surface area contributed by atoms with Gasteiger partial charge in [-0.05, 0) is 34.5 Å². The lowest BCUT2D eigenvalue weighted by molar-refractivity contribution is -0.384. The van der Waals surface area contributed by atoms with Gasteiger partial charge >= 0.3 is 0 Å². The SMILES string of the molecule is O=[N+]([O-])c1ccc(Cl)cc1NCc1ccsc1. The summed E-state index contributed by atoms with van der Waals surface area (Å²) < 4.78 is 0. The molecule has 0 spiro atoms. The average Bonchev–Trinajstić information content (AvgIpc) is 2.78. The zero-order valence-electron chi connectivity index (χ0n) is 8.72. The van der Waals surface area contributed by atoms with E-state index in [2.05, 4.69) is 5.32 Å². The van der Waals surface area contributed by atoms with Crippen LogP contribution in [0, 0.1) is 10.1 Å². The van der Waals surface area contributed by atoms with E-state index in [9.17, 15) is 10.1 Å². The Morgan fingerprint density at radius 2 is 2.24 bits per heavy atom. The van der Waals surface area contributed by atoms with Gasteiger partial charge in [-0.2, -0.15) is 11.3 Å². The molecule has 88 valence electrons. The van der Waals surface area contributed by atoms with Crippen LogP contribution in [0.4, 0.5) is 11.4 Å². The number of benzene rings is 1. The second-order valence-corrected chi connectivity index (χ2v) is 4.62. The molecule has 0 fully saturated rings. The summed E-state index contributed by atoms with van der Waals surface area (Å²) in [7, 11) is 0. The molecule has 0 amide bonds. The molecule has 0 saturated heterocycles. The molecule has 2 rings (SSSR count). The van der Waals surface area contributed by atoms with Crippen LogP contribution in [0.5, 0.6) is 0 Å². The first-order chi connectivity index (χ1) is 8.16. The second kappa shape index (κ2) is 5.16. The zero-order valence-corrected chi connectivity index (χ0v) is 10.3. The fourth-order valence-corrected chi connectivity index (χ4v) is 2.24. The fraction of sp³-hybridized carbons (Fsp3) is 0.0909. The van der Waals surface area contributed by atoms with E-state index < -0.39 is 4.92 Å². The molecule has 0 aliphatic heterocycles. The van der Waals surface area contributed by atoms with Crippen molar-refractivity contribution < 1.29 is 4.92 Å². The Morgan fingerprint density at radius 3 is 2.88 bits per heavy atom. The molecule has 0 radical (unpaired) electrons. The summed E-state index contributed by atoms with van der Waals surface area (Å²) in [6, 6.07) is 6.44. The van der Waals surface area contributed by atoms with E-state index in [1.807, 2.05) is 16.8 Å². The molecule has 2 aromatic rings. The quantitative estimate of drug-likeness (QED) is 0.675. The first kappa shape index (κ1) is 11.9. The summed E-state index contributed by atoms with van der Waals surface area (Å²) >= 11 is 7.41. The molecule has 0 bridgehead atoms. The number of rotatable bonds is 4. The van der Waals surface area contributed by atoms with E-state index in [-0.39, 0.29) is 5.69 Å². The van der Waals surface area contributed by atoms with Crippen molar-refractivity contribution in [2.75, 3.05) is 5.32 Å². The monoisotopic (exact) mass is 268 g/mol. The van der Waals surface area contributed by atoms with Crippen LogP contribution in [0.25, 0.3) is 0 Å². The number of nitrogens with one attached hydrogen (secondary N) is 1. The number of anilines is 1. The first-order valence-corrected chi connectivity index (χ1v) is 6.18. The minimum absolute atomic E-state index is 0.0321. The van der Waals surface area contributed by atoms with Crippen molar-refractivity contribution >= 4 is 34.3 Å². The van der Waals surface area contributed by atoms with Gasteiger partial charge in [0.05, 0.1) is 4.92 Å². The molecule has 0 aliphatic carbocycles. The average molecular weight is 269 g/mol. The Bertz CT molecular complexity index is 528. The van der Waals surface area contributed by atoms with Crippen molar-refractivity contribution in [1.29, 1.82) is 0 Å². The molecular weight excluding hydrogens is 260 g/mol. The lowest BCUT2D eigenvalue weighted by Gasteiger charge is -2.06. The van der Waals surface area contributed by atoms with E-state index in [1.165, 1.54) is 12.1 Å². The highest BCUT2D eigenvalue weighted by molar-refractivity contribution is 7.07. The Hall–Kier alpha value is -1.59. The number of hydrogen-bond acceptors (Lipinski definition) is 4. The molecule has 0 saturated carbocycles. The van der Waals surface area contributed by atoms with E-state index in [0.29, 0.717) is 17.3 Å². The van der Waals surface area contributed by atoms with Crippen LogP contribution in [0.15, 0.2) is 35.0 Å². The maximum Gasteiger partial charge on any atom is 0.292 e. The van der Waals surface area contributed by atoms with Gasteiger partial charge in [-0.15, -0.1) is 0 Å². The van der Waals surface area contributed by atoms with Crippen LogP contribution in [0.2, 0.25) is 5.02 Å². The maximum absolute atomic E-state index is 10.8. The van der Waals surface area contributed by atoms with Crippen molar-refractivity contribution in [1.82, 2.24) is 0 Å². The van der Waals surface area contributed by atoms with Crippen molar-refractivity contribution in [2.45, 2.75) is 6.54 Å². The largest absolute Gasteiger partial charge is 0.375 e. The van der Waals surface area contributed by atoms with Crippen LogP contribution in [-0.2, 0) is 6.54 Å². The lowest BCUT2D eigenvalue weighted by atomic mass is 10.2. The normalized spacial score (nSPS) is 10.2. The van der Waals surface area contributed by atoms with Gasteiger partial charge in [0.15, 0.2) is 0 Å². The predicted molar refractivity (Wildman–Crippen MR) is 69.8 cm³/mol. The molecule has 17 heavy (non-hydrogen) atoms. The Labute approximate surface area is 107 Å². The summed E-state index contributed by atoms with van der Waals surface area (Å²) in [4.78, 5) is 10.4. The van der Waals surface area contributed by atoms with Gasteiger partial charge in [0.1, 0.15) is 5.69 Å². The minimum Gasteiger partial charge on any atom is -0.375 e. The van der Waals surface area contributed by atoms with Crippen LogP contribution in [-0.4, -0.2) is 4.92 Å². The lowest BCUT2D eigenvalue weighted by Crippen LogP contribution is -2.01. The third-order valence-electron chi connectivity index (χ3n) is 2.22. The number of nitro benzene ring substituents is 1. The summed E-state index contributed by atoms with van der Waals surface area (Å²) in [6.07, 6.45) is 0. The van der Waals surface area contributed by atoms with Gasteiger partial charge in [0.25, 0.3) is 5.69 Å². The maximum atomic E-state index is 10.8. The molecule has 1 aromatic heterocycles. The van der Waals surface area contributed by atoms with Gasteiger partial charge in [-0.1, -0.05) is 11.6 Å². The fourth-order valence-electron chi connectivity index (χ4n) is 1.40. The van der Waals surface area contributed by atoms with Crippen molar-refractivity contribution in [3.05, 3.63) is 55.7 Å². The molecule has 4 nitrogen and oxygen atoms in total. The third kappa shape index (κ3) is 2.95. The predicted octanol–water partition coefficient (Wildman–Crippen LogP) is 3.92. The van der Waals surface area contributed by atoms with E-state index in [0.717, 1.165) is 5.56 Å². The van der Waals surface area contributed by atoms with Gasteiger partial charge in [-0.3, -0.25) is 10.1 Å². The summed E-state index contributed by atoms with van der Waals surface area (Å²) in [6.45, 7) is 0.546. The smallest absolute Gasteiger partial charge is 0.292 e. The molecule has 1 heterocycles. The van der Waals surface area contributed by atoms with Gasteiger partial charge < -0.3 is 5.32 Å². The molecule has 1 N–H and O–H groups in total. The molecule has 1 aromatic carbocycles. The number of nitro groups is 1. The number of hydrogen-bond donors (Lipinski definition) is 1. The van der Waals surface area contributed by atoms with Crippen LogP contribution >= 0.6 is 22.9 Å². The zero-order chi connectivity index (χ0) is 12.3. The highest BCUT2D eigenvalue weighted by Gasteiger charge is 2.13. The van der Waals surface area contributed by atoms with Gasteiger partial charge in [0.2, 0.25) is 0 Å². The van der Waals surface area contributed by atoms with Gasteiger partial charge in [-0.25, -0.2) is 0 Å². The highest BCUT2D eigenvalue weighted by atomic mass is 35.5. The standard InChI is InChI=1S/C11H9ClN2O2S/c12-9-1-2-11(14(15)16)10(5-9)13-6-8-3-4-17-7-8/h1-5,7,13H,6H2. The van der Waals surface area contributed by atoms with Gasteiger partial charge in [0, 0.05) is 17.6 Å². The second-order valence-electron chi connectivity index (χ2n) is 3.40. The summed E-state index contributed by atoms with van der Waals surface area (Å²) in [5.41, 5.74) is 1.56. The molecule has 0 unspecified atom stereocenters. The first-order valence-electron chi connectivity index (χ1n) is 4.85. The molecule has 0 aliphatic rings. The van der Waals surface area contributed by atoms with E-state index >= 15 is 0 Å². The number of nitrogens with zero attached hydrogens (tertiary/aromatic N) is 1. The van der Waals surface area contributed by atoms with Crippen LogP contribution < -0.4 is 5.32 Å². The van der Waals surface area contributed by atoms with E-state index in [1.54, 1.807) is 17.4 Å². The topological polar surface area (TPSA) is 55.2 Å². The Kier molecular flexibility index (Phi) is 3.61. The van der Waals surface area contributed by atoms with Crippen molar-refractivity contribution in [3.8, 4) is 0 Å². The van der Waals surface area contributed by atoms with Crippen LogP contribution in [0.1, 0.15) is 5.56 Å². The molecule has 6 heteroatoms. The number of thiophene rings is 1. The van der Waals surface area contributed by atoms with Crippen LogP contribution in [0.3, 0.4) is 0 Å². The highest BCUT2D eigenvalue weighted by Crippen LogP contribution is 2.28. The molecular formula is C11H9ClN2O2S. The number of halogens is 1. The third-order valence-corrected chi connectivity index (χ3v) is 3.19. The van der Waals surface area contributed by atoms with Crippen molar-refractivity contribution in [3.63, 3.8) is 0 Å². The summed E-state index contributed by atoms with van der Waals surface area (Å²) in [5, 5.41) is 18.3. The van der Waals surface area contributed by atoms with Crippen molar-refractivity contribution in [2.24, 2.45) is 0 Å². The Morgan fingerprint density at radius 1 is 1.41 bits per heavy atom. The summed E-state index contributed by atoms with van der Waals surface area (Å²) in [5.74, 6) is 0. The minimum atomic E-state index is -0.424. The molecule has 0 atom stereocenters.